The van der Waals surface area contributed by atoms with Gasteiger partial charge in [-0.15, -0.1) is 0 Å². The molecular formula is C52H103NO4. The van der Waals surface area contributed by atoms with Crippen LogP contribution in [0.25, 0.3) is 0 Å². The zero-order valence-electron chi connectivity index (χ0n) is 38.7. The van der Waals surface area contributed by atoms with Gasteiger partial charge in [-0.05, 0) is 38.5 Å². The van der Waals surface area contributed by atoms with Crippen molar-refractivity contribution in [3.05, 3.63) is 12.2 Å². The first-order chi connectivity index (χ1) is 28.1. The highest BCUT2D eigenvalue weighted by Crippen LogP contribution is 2.17. The molecule has 3 atom stereocenters. The van der Waals surface area contributed by atoms with Crippen LogP contribution in [-0.2, 0) is 4.79 Å². The molecule has 0 aliphatic carbocycles. The summed E-state index contributed by atoms with van der Waals surface area (Å²) in [5.41, 5.74) is 0. The van der Waals surface area contributed by atoms with Crippen LogP contribution in [0.2, 0.25) is 0 Å². The van der Waals surface area contributed by atoms with Crippen molar-refractivity contribution in [1.82, 2.24) is 5.32 Å². The number of aliphatic hydroxyl groups is 3. The monoisotopic (exact) mass is 806 g/mol. The first-order valence-electron chi connectivity index (χ1n) is 26.0. The van der Waals surface area contributed by atoms with Crippen molar-refractivity contribution in [2.75, 3.05) is 6.61 Å². The largest absolute Gasteiger partial charge is 0.394 e. The van der Waals surface area contributed by atoms with Crippen LogP contribution in [0.5, 0.6) is 0 Å². The van der Waals surface area contributed by atoms with Crippen molar-refractivity contribution < 1.29 is 20.1 Å². The zero-order chi connectivity index (χ0) is 41.5. The Morgan fingerprint density at radius 2 is 0.702 bits per heavy atom. The summed E-state index contributed by atoms with van der Waals surface area (Å²) in [6.45, 7) is 4.21. The van der Waals surface area contributed by atoms with E-state index in [1.165, 1.54) is 231 Å². The molecule has 0 aromatic heterocycles. The fourth-order valence-electron chi connectivity index (χ4n) is 8.34. The van der Waals surface area contributed by atoms with E-state index in [0.29, 0.717) is 12.8 Å². The number of hydrogen-bond donors (Lipinski definition) is 4. The third kappa shape index (κ3) is 43.0. The molecule has 0 spiro atoms. The van der Waals surface area contributed by atoms with Crippen LogP contribution in [0.4, 0.5) is 0 Å². The molecule has 0 heterocycles. The molecule has 0 aliphatic rings. The third-order valence-corrected chi connectivity index (χ3v) is 12.4. The molecule has 0 radical (unpaired) electrons. The Balaban J connectivity index is 3.54. The lowest BCUT2D eigenvalue weighted by Crippen LogP contribution is -2.50. The molecule has 0 aromatic carbocycles. The molecule has 5 nitrogen and oxygen atoms in total. The summed E-state index contributed by atoms with van der Waals surface area (Å²) in [5, 5.41) is 33.7. The highest BCUT2D eigenvalue weighted by atomic mass is 16.3. The Labute approximate surface area is 357 Å². The Bertz CT molecular complexity index is 803. The Morgan fingerprint density at radius 1 is 0.421 bits per heavy atom. The SMILES string of the molecule is CCCCCCCCCCCCCC/C=C\CCCCCCCCCCCC(=O)NC(CO)C(O)C(O)CCCCCCCCCCCCCCCCCCCC. The summed E-state index contributed by atoms with van der Waals surface area (Å²) in [4.78, 5) is 12.5. The van der Waals surface area contributed by atoms with Crippen LogP contribution in [0.15, 0.2) is 12.2 Å². The second-order valence-corrected chi connectivity index (χ2v) is 18.1. The predicted octanol–water partition coefficient (Wildman–Crippen LogP) is 15.6. The van der Waals surface area contributed by atoms with E-state index < -0.39 is 18.2 Å². The molecule has 0 aromatic rings. The molecule has 3 unspecified atom stereocenters. The van der Waals surface area contributed by atoms with Crippen LogP contribution in [0, 0.1) is 0 Å². The van der Waals surface area contributed by atoms with E-state index in [2.05, 4.69) is 31.3 Å². The van der Waals surface area contributed by atoms with Crippen molar-refractivity contribution in [2.45, 2.75) is 308 Å². The molecule has 57 heavy (non-hydrogen) atoms. The second kappa shape index (κ2) is 47.8. The molecule has 5 heteroatoms. The molecule has 0 aliphatic heterocycles. The number of carbonyl (C=O) groups excluding carboxylic acids is 1. The van der Waals surface area contributed by atoms with Crippen LogP contribution in [0.3, 0.4) is 0 Å². The minimum absolute atomic E-state index is 0.142. The quantitative estimate of drug-likeness (QED) is 0.0364. The van der Waals surface area contributed by atoms with Gasteiger partial charge >= 0.3 is 0 Å². The maximum Gasteiger partial charge on any atom is 0.220 e. The number of unbranched alkanes of at least 4 members (excludes halogenated alkanes) is 38. The van der Waals surface area contributed by atoms with Crippen molar-refractivity contribution in [1.29, 1.82) is 0 Å². The number of amides is 1. The molecule has 0 saturated heterocycles. The lowest BCUT2D eigenvalue weighted by molar-refractivity contribution is -0.124. The van der Waals surface area contributed by atoms with E-state index in [1.807, 2.05) is 0 Å². The maximum atomic E-state index is 12.5. The van der Waals surface area contributed by atoms with Crippen LogP contribution in [-0.4, -0.2) is 46.1 Å². The molecule has 0 saturated carbocycles. The van der Waals surface area contributed by atoms with Crippen molar-refractivity contribution in [3.8, 4) is 0 Å². The van der Waals surface area contributed by atoms with E-state index in [0.717, 1.165) is 32.1 Å². The molecule has 1 amide bonds. The van der Waals surface area contributed by atoms with Gasteiger partial charge in [-0.25, -0.2) is 0 Å². The van der Waals surface area contributed by atoms with Gasteiger partial charge in [0.1, 0.15) is 6.10 Å². The highest BCUT2D eigenvalue weighted by Gasteiger charge is 2.26. The second-order valence-electron chi connectivity index (χ2n) is 18.1. The lowest BCUT2D eigenvalue weighted by atomic mass is 9.99. The van der Waals surface area contributed by atoms with E-state index in [9.17, 15) is 20.1 Å². The molecule has 0 fully saturated rings. The third-order valence-electron chi connectivity index (χ3n) is 12.4. The number of hydrogen-bond acceptors (Lipinski definition) is 4. The van der Waals surface area contributed by atoms with Crippen LogP contribution in [0.1, 0.15) is 290 Å². The van der Waals surface area contributed by atoms with E-state index in [-0.39, 0.29) is 12.5 Å². The number of allylic oxidation sites excluding steroid dienone is 2. The normalized spacial score (nSPS) is 13.4. The van der Waals surface area contributed by atoms with Crippen LogP contribution >= 0.6 is 0 Å². The number of aliphatic hydroxyl groups excluding tert-OH is 3. The first-order valence-corrected chi connectivity index (χ1v) is 26.0. The number of rotatable bonds is 48. The minimum atomic E-state index is -1.13. The van der Waals surface area contributed by atoms with Gasteiger partial charge in [-0.1, -0.05) is 257 Å². The fraction of sp³-hybridized carbons (Fsp3) is 0.942. The average Bonchev–Trinajstić information content (AvgIpc) is 3.22. The molecule has 0 bridgehead atoms. The smallest absolute Gasteiger partial charge is 0.220 e. The van der Waals surface area contributed by atoms with Gasteiger partial charge in [-0.2, -0.15) is 0 Å². The van der Waals surface area contributed by atoms with Gasteiger partial charge in [0.2, 0.25) is 5.91 Å². The predicted molar refractivity (Wildman–Crippen MR) is 250 cm³/mol. The van der Waals surface area contributed by atoms with Gasteiger partial charge in [0, 0.05) is 6.42 Å². The first kappa shape index (κ1) is 56.1. The van der Waals surface area contributed by atoms with Gasteiger partial charge in [-0.3, -0.25) is 4.79 Å². The van der Waals surface area contributed by atoms with Gasteiger partial charge in [0.05, 0.1) is 18.8 Å². The number of carbonyl (C=O) groups is 1. The lowest BCUT2D eigenvalue weighted by Gasteiger charge is -2.26. The van der Waals surface area contributed by atoms with Crippen molar-refractivity contribution in [3.63, 3.8) is 0 Å². The maximum absolute atomic E-state index is 12.5. The van der Waals surface area contributed by atoms with E-state index in [4.69, 9.17) is 0 Å². The zero-order valence-corrected chi connectivity index (χ0v) is 38.7. The van der Waals surface area contributed by atoms with Gasteiger partial charge in [0.15, 0.2) is 0 Å². The van der Waals surface area contributed by atoms with E-state index in [1.54, 1.807) is 0 Å². The summed E-state index contributed by atoms with van der Waals surface area (Å²) in [5.74, 6) is -0.142. The molecule has 4 N–H and O–H groups in total. The van der Waals surface area contributed by atoms with Crippen molar-refractivity contribution >= 4 is 5.91 Å². The Morgan fingerprint density at radius 3 is 1.02 bits per heavy atom. The van der Waals surface area contributed by atoms with Crippen molar-refractivity contribution in [2.24, 2.45) is 0 Å². The standard InChI is InChI=1S/C52H103NO4/c1-3-5-7-9-11-13-15-17-19-21-23-24-25-26-27-28-29-31-33-35-37-39-41-43-45-47-51(56)53-49(48-54)52(57)50(55)46-44-42-40-38-36-34-32-30-22-20-18-16-14-12-10-8-6-4-2/h26-27,49-50,52,54-55,57H,3-25,28-48H2,1-2H3,(H,53,56)/b27-26-. The topological polar surface area (TPSA) is 89.8 Å². The summed E-state index contributed by atoms with van der Waals surface area (Å²) in [7, 11) is 0. The summed E-state index contributed by atoms with van der Waals surface area (Å²) in [6, 6.07) is -0.808. The highest BCUT2D eigenvalue weighted by molar-refractivity contribution is 5.76. The Kier molecular flexibility index (Phi) is 47.0. The van der Waals surface area contributed by atoms with Gasteiger partial charge in [0.25, 0.3) is 0 Å². The van der Waals surface area contributed by atoms with Gasteiger partial charge < -0.3 is 20.6 Å². The molecule has 340 valence electrons. The average molecular weight is 806 g/mol. The van der Waals surface area contributed by atoms with E-state index >= 15 is 0 Å². The summed E-state index contributed by atoms with van der Waals surface area (Å²) < 4.78 is 0. The fourth-order valence-corrected chi connectivity index (χ4v) is 8.34. The summed E-state index contributed by atoms with van der Waals surface area (Å²) >= 11 is 0. The molecular weight excluding hydrogens is 703 g/mol. The minimum Gasteiger partial charge on any atom is -0.394 e. The summed E-state index contributed by atoms with van der Waals surface area (Å²) in [6.07, 6.45) is 57.7. The van der Waals surface area contributed by atoms with Crippen LogP contribution < -0.4 is 5.32 Å². The number of nitrogens with one attached hydrogen (secondary N) is 1. The molecule has 0 rings (SSSR count). The Hall–Kier alpha value is -0.910.